The fourth-order valence-corrected chi connectivity index (χ4v) is 3.57. The lowest BCUT2D eigenvalue weighted by molar-refractivity contribution is -0.123. The fourth-order valence-electron chi connectivity index (χ4n) is 3.57. The first-order valence-electron chi connectivity index (χ1n) is 7.97. The molecule has 1 aliphatic rings. The second kappa shape index (κ2) is 6.12. The number of nitrogens with two attached hydrogens (primary N) is 1. The topological polar surface area (TPSA) is 81.9 Å². The maximum atomic E-state index is 13.3. The van der Waals surface area contributed by atoms with Crippen molar-refractivity contribution in [2.24, 2.45) is 5.73 Å². The Morgan fingerprint density at radius 2 is 1.80 bits per heavy atom. The zero-order valence-electron chi connectivity index (χ0n) is 14.4. The molecular formula is C19H20N2O4. The Morgan fingerprint density at radius 3 is 2.32 bits per heavy atom. The second-order valence-electron chi connectivity index (χ2n) is 5.78. The number of hydrogen-bond donors (Lipinski definition) is 1. The minimum absolute atomic E-state index is 0.308. The van der Waals surface area contributed by atoms with E-state index in [1.165, 1.54) is 19.1 Å². The van der Waals surface area contributed by atoms with Crippen molar-refractivity contribution in [1.82, 2.24) is 0 Å². The third-order valence-electron chi connectivity index (χ3n) is 4.72. The van der Waals surface area contributed by atoms with Crippen LogP contribution in [0.4, 0.5) is 5.69 Å². The van der Waals surface area contributed by atoms with E-state index >= 15 is 0 Å². The summed E-state index contributed by atoms with van der Waals surface area (Å²) in [7, 11) is 2.97. The number of fused-ring (bicyclic) bond motifs is 1. The number of carbonyl (C=O) groups excluding carboxylic acids is 2. The Kier molecular flexibility index (Phi) is 4.12. The number of anilines is 1. The van der Waals surface area contributed by atoms with E-state index in [4.69, 9.17) is 15.2 Å². The van der Waals surface area contributed by atoms with Crippen molar-refractivity contribution in [2.45, 2.75) is 18.9 Å². The van der Waals surface area contributed by atoms with Gasteiger partial charge in [-0.2, -0.15) is 0 Å². The van der Waals surface area contributed by atoms with Gasteiger partial charge in [-0.3, -0.25) is 14.5 Å². The van der Waals surface area contributed by atoms with E-state index < -0.39 is 11.4 Å². The summed E-state index contributed by atoms with van der Waals surface area (Å²) >= 11 is 0. The average Bonchev–Trinajstić information content (AvgIpc) is 2.91. The van der Waals surface area contributed by atoms with E-state index in [1.54, 1.807) is 24.3 Å². The van der Waals surface area contributed by atoms with Gasteiger partial charge in [0.2, 0.25) is 5.91 Å². The highest BCUT2D eigenvalue weighted by atomic mass is 16.5. The number of ether oxygens (including phenoxy) is 2. The summed E-state index contributed by atoms with van der Waals surface area (Å²) in [6.07, 6.45) is 0.339. The number of methoxy groups -OCH3 is 2. The number of carbonyl (C=O) groups is 2. The third kappa shape index (κ3) is 2.17. The zero-order valence-corrected chi connectivity index (χ0v) is 14.4. The molecule has 2 aromatic rings. The number of para-hydroxylation sites is 1. The van der Waals surface area contributed by atoms with Crippen molar-refractivity contribution in [3.63, 3.8) is 0 Å². The molecular weight excluding hydrogens is 320 g/mol. The normalized spacial score (nSPS) is 18.8. The Bertz CT molecular complexity index is 835. The van der Waals surface area contributed by atoms with Crippen LogP contribution in [0.1, 0.15) is 29.3 Å². The molecule has 2 aromatic carbocycles. The Balaban J connectivity index is 2.36. The lowest BCUT2D eigenvalue weighted by Crippen LogP contribution is -2.53. The molecule has 0 spiro atoms. The summed E-state index contributed by atoms with van der Waals surface area (Å²) in [6.45, 7) is 1.83. The first kappa shape index (κ1) is 16.8. The molecule has 3 rings (SSSR count). The molecule has 1 atom stereocenters. The van der Waals surface area contributed by atoms with Gasteiger partial charge in [0.15, 0.2) is 17.0 Å². The van der Waals surface area contributed by atoms with Crippen molar-refractivity contribution >= 4 is 17.5 Å². The minimum atomic E-state index is -1.27. The molecule has 1 unspecified atom stereocenters. The van der Waals surface area contributed by atoms with Crippen molar-refractivity contribution in [1.29, 1.82) is 0 Å². The smallest absolute Gasteiger partial charge is 0.263 e. The number of benzene rings is 2. The summed E-state index contributed by atoms with van der Waals surface area (Å²) in [6, 6.07) is 12.4. The maximum Gasteiger partial charge on any atom is 0.263 e. The summed E-state index contributed by atoms with van der Waals surface area (Å²) in [5.74, 6) is -0.183. The molecule has 130 valence electrons. The summed E-state index contributed by atoms with van der Waals surface area (Å²) in [4.78, 5) is 27.3. The van der Waals surface area contributed by atoms with Crippen LogP contribution in [-0.2, 0) is 10.3 Å². The largest absolute Gasteiger partial charge is 0.493 e. The fraction of sp³-hybridized carbons (Fsp3) is 0.263. The maximum absolute atomic E-state index is 13.3. The number of hydrogen-bond acceptors (Lipinski definition) is 4. The van der Waals surface area contributed by atoms with E-state index in [2.05, 4.69) is 0 Å². The summed E-state index contributed by atoms with van der Waals surface area (Å²) in [5.41, 5.74) is 5.98. The summed E-state index contributed by atoms with van der Waals surface area (Å²) < 4.78 is 10.7. The van der Waals surface area contributed by atoms with E-state index in [0.717, 1.165) is 0 Å². The molecule has 0 saturated carbocycles. The first-order chi connectivity index (χ1) is 12.0. The zero-order chi connectivity index (χ0) is 18.2. The van der Waals surface area contributed by atoms with Gasteiger partial charge in [0, 0.05) is 11.3 Å². The highest BCUT2D eigenvalue weighted by Gasteiger charge is 2.55. The van der Waals surface area contributed by atoms with Crippen LogP contribution < -0.4 is 20.1 Å². The van der Waals surface area contributed by atoms with E-state index in [-0.39, 0.29) is 5.91 Å². The van der Waals surface area contributed by atoms with Gasteiger partial charge in [-0.1, -0.05) is 31.2 Å². The van der Waals surface area contributed by atoms with Crippen molar-refractivity contribution in [2.75, 3.05) is 19.1 Å². The number of amides is 2. The predicted octanol–water partition coefficient (Wildman–Crippen LogP) is 2.45. The van der Waals surface area contributed by atoms with Gasteiger partial charge in [-0.25, -0.2) is 0 Å². The van der Waals surface area contributed by atoms with Crippen LogP contribution in [0.15, 0.2) is 42.5 Å². The number of nitrogens with zero attached hydrogens (tertiary/aromatic N) is 1. The van der Waals surface area contributed by atoms with Gasteiger partial charge in [0.1, 0.15) is 0 Å². The van der Waals surface area contributed by atoms with Crippen LogP contribution in [0.3, 0.4) is 0 Å². The number of rotatable bonds is 5. The van der Waals surface area contributed by atoms with Gasteiger partial charge in [-0.05, 0) is 24.6 Å². The van der Waals surface area contributed by atoms with Crippen LogP contribution in [-0.4, -0.2) is 26.0 Å². The van der Waals surface area contributed by atoms with E-state index in [0.29, 0.717) is 34.7 Å². The standard InChI is InChI=1S/C19H20N2O4/c1-4-19(18(20)23)13-10-11-14(24-2)16(25-3)15(13)17(22)21(19)12-8-6-5-7-9-12/h5-11H,4H2,1-3H3,(H2,20,23). The molecule has 0 radical (unpaired) electrons. The lowest BCUT2D eigenvalue weighted by Gasteiger charge is -2.35. The highest BCUT2D eigenvalue weighted by molar-refractivity contribution is 6.19. The van der Waals surface area contributed by atoms with E-state index in [1.807, 2.05) is 25.1 Å². The molecule has 0 aliphatic carbocycles. The van der Waals surface area contributed by atoms with Crippen LogP contribution >= 0.6 is 0 Å². The first-order valence-corrected chi connectivity index (χ1v) is 7.97. The monoisotopic (exact) mass is 340 g/mol. The van der Waals surface area contributed by atoms with Crippen molar-refractivity contribution < 1.29 is 19.1 Å². The molecule has 25 heavy (non-hydrogen) atoms. The van der Waals surface area contributed by atoms with E-state index in [9.17, 15) is 9.59 Å². The van der Waals surface area contributed by atoms with Gasteiger partial charge in [0.05, 0.1) is 19.8 Å². The average molecular weight is 340 g/mol. The van der Waals surface area contributed by atoms with Gasteiger partial charge >= 0.3 is 0 Å². The molecule has 2 N–H and O–H groups in total. The molecule has 2 amide bonds. The Morgan fingerprint density at radius 1 is 1.12 bits per heavy atom. The molecule has 0 saturated heterocycles. The molecule has 1 heterocycles. The Labute approximate surface area is 146 Å². The third-order valence-corrected chi connectivity index (χ3v) is 4.72. The van der Waals surface area contributed by atoms with Gasteiger partial charge < -0.3 is 15.2 Å². The molecule has 6 nitrogen and oxygen atoms in total. The van der Waals surface area contributed by atoms with Crippen LogP contribution in [0.2, 0.25) is 0 Å². The molecule has 0 fully saturated rings. The predicted molar refractivity (Wildman–Crippen MR) is 94.0 cm³/mol. The quantitative estimate of drug-likeness (QED) is 0.906. The number of primary amides is 1. The van der Waals surface area contributed by atoms with Gasteiger partial charge in [0.25, 0.3) is 5.91 Å². The molecule has 6 heteroatoms. The Hall–Kier alpha value is -3.02. The molecule has 0 bridgehead atoms. The second-order valence-corrected chi connectivity index (χ2v) is 5.78. The van der Waals surface area contributed by atoms with Crippen LogP contribution in [0.5, 0.6) is 11.5 Å². The van der Waals surface area contributed by atoms with Crippen LogP contribution in [0.25, 0.3) is 0 Å². The van der Waals surface area contributed by atoms with Crippen molar-refractivity contribution in [3.8, 4) is 11.5 Å². The van der Waals surface area contributed by atoms with Crippen LogP contribution in [0, 0.1) is 0 Å². The molecule has 1 aliphatic heterocycles. The van der Waals surface area contributed by atoms with Gasteiger partial charge in [-0.15, -0.1) is 0 Å². The minimum Gasteiger partial charge on any atom is -0.493 e. The van der Waals surface area contributed by atoms with Crippen molar-refractivity contribution in [3.05, 3.63) is 53.6 Å². The summed E-state index contributed by atoms with van der Waals surface area (Å²) in [5, 5.41) is 0. The lowest BCUT2D eigenvalue weighted by atomic mass is 9.85. The highest BCUT2D eigenvalue weighted by Crippen LogP contribution is 2.49. The SMILES string of the molecule is CCC1(C(N)=O)c2ccc(OC)c(OC)c2C(=O)N1c1ccccc1. The molecule has 0 aromatic heterocycles.